The van der Waals surface area contributed by atoms with Gasteiger partial charge in [0.25, 0.3) is 0 Å². The normalized spacial score (nSPS) is 27.2. The van der Waals surface area contributed by atoms with Crippen LogP contribution in [0.4, 0.5) is 4.79 Å². The van der Waals surface area contributed by atoms with E-state index in [1.54, 1.807) is 4.90 Å². The molecule has 4 saturated carbocycles. The molecule has 1 saturated heterocycles. The Hall–Kier alpha value is -4.05. The third kappa shape index (κ3) is 11.6. The highest BCUT2D eigenvalue weighted by Crippen LogP contribution is 2.60. The second-order valence-electron chi connectivity index (χ2n) is 17.7. The van der Waals surface area contributed by atoms with Gasteiger partial charge in [-0.05, 0) is 103 Å². The monoisotopic (exact) mass is 801 g/mol. The summed E-state index contributed by atoms with van der Waals surface area (Å²) >= 11 is 0. The molecule has 8 nitrogen and oxygen atoms in total. The van der Waals surface area contributed by atoms with Gasteiger partial charge in [-0.3, -0.25) is 4.90 Å². The Morgan fingerprint density at radius 3 is 1.63 bits per heavy atom. The molecule has 4 atom stereocenters. The number of ether oxygens (including phenoxy) is 6. The van der Waals surface area contributed by atoms with Crippen molar-refractivity contribution in [3.05, 3.63) is 144 Å². The molecule has 0 unspecified atom stereocenters. The van der Waals surface area contributed by atoms with Gasteiger partial charge in [0.2, 0.25) is 0 Å². The van der Waals surface area contributed by atoms with E-state index in [-0.39, 0.29) is 19.8 Å². The van der Waals surface area contributed by atoms with Gasteiger partial charge in [0.05, 0.1) is 45.6 Å². The maximum absolute atomic E-state index is 14.2. The highest BCUT2D eigenvalue weighted by Gasteiger charge is 2.51. The topological polar surface area (TPSA) is 75.7 Å². The van der Waals surface area contributed by atoms with E-state index in [1.807, 2.05) is 97.1 Å². The summed E-state index contributed by atoms with van der Waals surface area (Å²) in [7, 11) is 0. The molecule has 9 rings (SSSR count). The fourth-order valence-corrected chi connectivity index (χ4v) is 10.7. The zero-order valence-electron chi connectivity index (χ0n) is 34.6. The number of amides is 1. The van der Waals surface area contributed by atoms with Gasteiger partial charge in [-0.2, -0.15) is 0 Å². The number of piperidine rings is 1. The third-order valence-electron chi connectivity index (χ3n) is 13.1. The number of hydrogen-bond donors (Lipinski definition) is 0. The number of nitrogens with zero attached hydrogens (tertiary/aromatic N) is 1. The molecule has 0 spiro atoms. The summed E-state index contributed by atoms with van der Waals surface area (Å²) in [5.74, 6) is 2.83. The van der Waals surface area contributed by atoms with Crippen LogP contribution in [-0.4, -0.2) is 68.3 Å². The summed E-state index contributed by atoms with van der Waals surface area (Å²) in [4.78, 5) is 16.0. The predicted molar refractivity (Wildman–Crippen MR) is 228 cm³/mol. The largest absolute Gasteiger partial charge is 0.445 e. The summed E-state index contributed by atoms with van der Waals surface area (Å²) in [5, 5.41) is 0. The molecule has 4 bridgehead atoms. The average Bonchev–Trinajstić information content (AvgIpc) is 3.26. The van der Waals surface area contributed by atoms with Gasteiger partial charge in [0, 0.05) is 13.2 Å². The molecule has 5 fully saturated rings. The van der Waals surface area contributed by atoms with Crippen molar-refractivity contribution in [3.8, 4) is 0 Å². The summed E-state index contributed by atoms with van der Waals surface area (Å²) in [5.41, 5.74) is 4.53. The minimum atomic E-state index is -0.541. The fourth-order valence-electron chi connectivity index (χ4n) is 10.7. The number of benzene rings is 4. The second kappa shape index (κ2) is 21.0. The molecule has 5 aliphatic rings. The van der Waals surface area contributed by atoms with Crippen molar-refractivity contribution in [3.63, 3.8) is 0 Å². The van der Waals surface area contributed by atoms with Gasteiger partial charge in [-0.15, -0.1) is 0 Å². The molecule has 4 aromatic carbocycles. The Balaban J connectivity index is 0.964. The van der Waals surface area contributed by atoms with Gasteiger partial charge >= 0.3 is 6.09 Å². The highest BCUT2D eigenvalue weighted by atomic mass is 16.6. The quantitative estimate of drug-likeness (QED) is 0.0777. The van der Waals surface area contributed by atoms with E-state index in [2.05, 4.69) is 24.3 Å². The van der Waals surface area contributed by atoms with E-state index in [1.165, 1.54) is 38.5 Å². The lowest BCUT2D eigenvalue weighted by molar-refractivity contribution is -0.202. The van der Waals surface area contributed by atoms with Crippen LogP contribution in [0.25, 0.3) is 0 Å². The third-order valence-corrected chi connectivity index (χ3v) is 13.1. The zero-order chi connectivity index (χ0) is 40.1. The first-order valence-electron chi connectivity index (χ1n) is 22.2. The molecule has 0 radical (unpaired) electrons. The van der Waals surface area contributed by atoms with Gasteiger partial charge < -0.3 is 28.4 Å². The van der Waals surface area contributed by atoms with Crippen LogP contribution in [-0.2, 0) is 54.8 Å². The molecule has 0 N–H and O–H groups in total. The van der Waals surface area contributed by atoms with Crippen molar-refractivity contribution in [1.29, 1.82) is 0 Å². The van der Waals surface area contributed by atoms with Crippen LogP contribution in [0.15, 0.2) is 121 Å². The van der Waals surface area contributed by atoms with Crippen LogP contribution in [0, 0.1) is 23.2 Å². The minimum Gasteiger partial charge on any atom is -0.445 e. The lowest BCUT2D eigenvalue weighted by atomic mass is 9.50. The van der Waals surface area contributed by atoms with Gasteiger partial charge in [-0.25, -0.2) is 4.79 Å². The number of rotatable bonds is 21. The number of carbonyl (C=O) groups is 1. The van der Waals surface area contributed by atoms with E-state index < -0.39 is 30.4 Å². The predicted octanol–water partition coefficient (Wildman–Crippen LogP) is 10.2. The molecule has 1 heterocycles. The average molecular weight is 802 g/mol. The molecule has 59 heavy (non-hydrogen) atoms. The van der Waals surface area contributed by atoms with Crippen LogP contribution in [0.5, 0.6) is 0 Å². The molecular formula is C51H63NO7. The Labute approximate surface area is 351 Å². The number of unbranched alkanes of at least 4 members (excludes halogenated alkanes) is 2. The first kappa shape index (κ1) is 41.7. The number of likely N-dealkylation sites (tertiary alicyclic amines) is 1. The lowest BCUT2D eigenvalue weighted by Crippen LogP contribution is -2.66. The molecule has 1 aliphatic heterocycles. The minimum absolute atomic E-state index is 0.160. The van der Waals surface area contributed by atoms with E-state index in [4.69, 9.17) is 28.4 Å². The number of hydrogen-bond acceptors (Lipinski definition) is 7. The van der Waals surface area contributed by atoms with Crippen LogP contribution in [0.1, 0.15) is 80.0 Å². The van der Waals surface area contributed by atoms with Crippen LogP contribution in [0.2, 0.25) is 0 Å². The van der Waals surface area contributed by atoms with Crippen LogP contribution >= 0.6 is 0 Å². The zero-order valence-corrected chi connectivity index (χ0v) is 34.6. The highest BCUT2D eigenvalue weighted by molar-refractivity contribution is 5.68. The SMILES string of the molecule is O=C(OCc1ccccc1)N1C[C@H](OCc2ccccc2)[C@@H](OCc2ccccc2)[C@H](OCCCCCOCC23CC4CC(CC(C4)C2)C3)[C@H]1COCc1ccccc1. The standard InChI is InChI=1S/C51H63NO7/c53-50(59-36-42-22-12-4-13-23-42)52-32-47(57-34-40-18-8-2-9-19-40)49(58-35-41-20-10-3-11-21-41)48(46(52)37-55-33-39-16-6-1-7-17-39)56-25-15-5-14-24-54-38-51-29-43-26-44(30-51)28-45(27-43)31-51/h1-4,6-13,16-23,43-49H,5,14-15,24-38H2/t43?,44?,45?,46-,47+,48-,49-,51?/m1/s1. The first-order chi connectivity index (χ1) is 29.1. The van der Waals surface area contributed by atoms with Crippen molar-refractivity contribution in [2.45, 2.75) is 109 Å². The first-order valence-corrected chi connectivity index (χ1v) is 22.2. The van der Waals surface area contributed by atoms with E-state index in [0.29, 0.717) is 31.8 Å². The molecule has 0 aromatic heterocycles. The van der Waals surface area contributed by atoms with E-state index >= 15 is 0 Å². The van der Waals surface area contributed by atoms with Crippen LogP contribution in [0.3, 0.4) is 0 Å². The summed E-state index contributed by atoms with van der Waals surface area (Å²) < 4.78 is 39.3. The summed E-state index contributed by atoms with van der Waals surface area (Å²) in [6, 6.07) is 39.7. The van der Waals surface area contributed by atoms with E-state index in [0.717, 1.165) is 72.5 Å². The van der Waals surface area contributed by atoms with Crippen LogP contribution < -0.4 is 0 Å². The number of carbonyl (C=O) groups excluding carboxylic acids is 1. The molecule has 4 aliphatic carbocycles. The molecule has 4 aromatic rings. The maximum atomic E-state index is 14.2. The van der Waals surface area contributed by atoms with Crippen molar-refractivity contribution in [2.75, 3.05) is 33.0 Å². The molecular weight excluding hydrogens is 739 g/mol. The van der Waals surface area contributed by atoms with Crippen molar-refractivity contribution >= 4 is 6.09 Å². The van der Waals surface area contributed by atoms with E-state index in [9.17, 15) is 4.79 Å². The van der Waals surface area contributed by atoms with Gasteiger partial charge in [0.15, 0.2) is 0 Å². The van der Waals surface area contributed by atoms with Gasteiger partial charge in [-0.1, -0.05) is 121 Å². The second-order valence-corrected chi connectivity index (χ2v) is 17.7. The fraction of sp³-hybridized carbons (Fsp3) is 0.510. The molecule has 1 amide bonds. The Kier molecular flexibility index (Phi) is 14.8. The molecule has 8 heteroatoms. The summed E-state index contributed by atoms with van der Waals surface area (Å²) in [6.07, 6.45) is 9.45. The van der Waals surface area contributed by atoms with Crippen molar-refractivity contribution < 1.29 is 33.2 Å². The summed E-state index contributed by atoms with van der Waals surface area (Å²) in [6.45, 7) is 4.06. The van der Waals surface area contributed by atoms with Gasteiger partial charge in [0.1, 0.15) is 24.9 Å². The Morgan fingerprint density at radius 1 is 0.542 bits per heavy atom. The Morgan fingerprint density at radius 2 is 1.05 bits per heavy atom. The molecule has 314 valence electrons. The van der Waals surface area contributed by atoms with Crippen molar-refractivity contribution in [1.82, 2.24) is 4.90 Å². The lowest BCUT2D eigenvalue weighted by Gasteiger charge is -2.56. The van der Waals surface area contributed by atoms with Crippen molar-refractivity contribution in [2.24, 2.45) is 23.2 Å². The maximum Gasteiger partial charge on any atom is 0.410 e. The Bertz CT molecular complexity index is 1790. The smallest absolute Gasteiger partial charge is 0.410 e.